The van der Waals surface area contributed by atoms with Crippen molar-refractivity contribution in [3.8, 4) is 22.6 Å². The summed E-state index contributed by atoms with van der Waals surface area (Å²) in [5.74, 6) is -1.34. The Kier molecular flexibility index (Phi) is 5.96. The number of ether oxygens (including phenoxy) is 1. The number of anilines is 1. The second-order valence-corrected chi connectivity index (χ2v) is 11.0. The molecule has 0 unspecified atom stereocenters. The lowest BCUT2D eigenvalue weighted by Crippen LogP contribution is -2.34. The number of fused-ring (bicyclic) bond motifs is 1. The van der Waals surface area contributed by atoms with Crippen LogP contribution in [0.5, 0.6) is 11.5 Å². The van der Waals surface area contributed by atoms with Crippen LogP contribution in [-0.4, -0.2) is 26.6 Å². The first-order valence-corrected chi connectivity index (χ1v) is 13.0. The van der Waals surface area contributed by atoms with Gasteiger partial charge >= 0.3 is 0 Å². The van der Waals surface area contributed by atoms with Gasteiger partial charge in [0, 0.05) is 30.3 Å². The molecule has 182 valence electrons. The molecule has 35 heavy (non-hydrogen) atoms. The molecule has 1 amide bonds. The van der Waals surface area contributed by atoms with Gasteiger partial charge in [0.25, 0.3) is 5.91 Å². The fraction of sp³-hybridized carbons (Fsp3) is 0.269. The van der Waals surface area contributed by atoms with Crippen molar-refractivity contribution in [2.45, 2.75) is 26.3 Å². The van der Waals surface area contributed by atoms with Crippen molar-refractivity contribution in [2.75, 3.05) is 16.6 Å². The number of benzene rings is 3. The molecule has 0 saturated heterocycles. The van der Waals surface area contributed by atoms with Crippen molar-refractivity contribution >= 4 is 21.6 Å². The molecule has 2 aliphatic rings. The van der Waals surface area contributed by atoms with Crippen molar-refractivity contribution in [1.82, 2.24) is 5.32 Å². The molecule has 6 nitrogen and oxygen atoms in total. The predicted octanol–water partition coefficient (Wildman–Crippen LogP) is 5.23. The van der Waals surface area contributed by atoms with E-state index in [1.165, 1.54) is 10.4 Å². The Balaban J connectivity index is 1.62. The minimum absolute atomic E-state index is 0.0410. The van der Waals surface area contributed by atoms with Gasteiger partial charge in [-0.15, -0.1) is 0 Å². The van der Waals surface area contributed by atoms with Crippen LogP contribution in [0.3, 0.4) is 0 Å². The predicted molar refractivity (Wildman–Crippen MR) is 129 cm³/mol. The third-order valence-electron chi connectivity index (χ3n) is 6.29. The summed E-state index contributed by atoms with van der Waals surface area (Å²) in [6, 6.07) is 13.3. The van der Waals surface area contributed by atoms with Gasteiger partial charge in [0.05, 0.1) is 11.4 Å². The highest BCUT2D eigenvalue weighted by molar-refractivity contribution is 7.92. The molecule has 0 atom stereocenters. The van der Waals surface area contributed by atoms with E-state index in [1.54, 1.807) is 37.3 Å². The minimum Gasteiger partial charge on any atom is -0.454 e. The van der Waals surface area contributed by atoms with Crippen LogP contribution in [0.4, 0.5) is 14.5 Å². The van der Waals surface area contributed by atoms with E-state index in [-0.39, 0.29) is 23.2 Å². The van der Waals surface area contributed by atoms with Crippen LogP contribution in [0.15, 0.2) is 54.6 Å². The smallest absolute Gasteiger partial charge is 0.251 e. The van der Waals surface area contributed by atoms with Crippen LogP contribution in [0.1, 0.15) is 35.7 Å². The normalized spacial score (nSPS) is 15.0. The molecular formula is C26H24F2N2O4S. The van der Waals surface area contributed by atoms with Crippen molar-refractivity contribution in [3.05, 3.63) is 77.4 Å². The molecule has 1 fully saturated rings. The molecule has 0 bridgehead atoms. The number of carbonyl (C=O) groups excluding carboxylic acids is 1. The number of hydrogen-bond donors (Lipinski definition) is 1. The zero-order valence-corrected chi connectivity index (χ0v) is 19.9. The maximum Gasteiger partial charge on any atom is 0.251 e. The summed E-state index contributed by atoms with van der Waals surface area (Å²) in [5.41, 5.74) is 3.06. The largest absolute Gasteiger partial charge is 0.454 e. The summed E-state index contributed by atoms with van der Waals surface area (Å²) in [6.07, 6.45) is 1.97. The van der Waals surface area contributed by atoms with Crippen molar-refractivity contribution < 1.29 is 26.7 Å². The fourth-order valence-electron chi connectivity index (χ4n) is 4.13. The highest BCUT2D eigenvalue weighted by Gasteiger charge is 2.31. The molecule has 1 heterocycles. The molecule has 1 N–H and O–H groups in total. The Morgan fingerprint density at radius 1 is 1.00 bits per heavy atom. The van der Waals surface area contributed by atoms with Gasteiger partial charge in [-0.2, -0.15) is 0 Å². The fourth-order valence-corrected chi connectivity index (χ4v) is 5.32. The summed E-state index contributed by atoms with van der Waals surface area (Å²) in [5, 5.41) is 2.77. The minimum atomic E-state index is -3.53. The molecule has 3 aromatic carbocycles. The van der Waals surface area contributed by atoms with Gasteiger partial charge in [-0.25, -0.2) is 17.2 Å². The Labute approximate surface area is 202 Å². The Hall–Kier alpha value is -3.46. The standard InChI is InChI=1S/C26H24F2N2O4S/c1-2-35(32,33)30(15-16-3-4-16)20-7-10-24(34-25-9-6-19(27)12-23(25)28)22(13-20)17-5-8-21-18(11-17)14-29-26(21)31/h5-13,16H,2-4,14-15H2,1H3,(H,29,31). The lowest BCUT2D eigenvalue weighted by atomic mass is 9.99. The number of hydrogen-bond acceptors (Lipinski definition) is 4. The van der Waals surface area contributed by atoms with Crippen LogP contribution in [0.2, 0.25) is 0 Å². The summed E-state index contributed by atoms with van der Waals surface area (Å²) >= 11 is 0. The summed E-state index contributed by atoms with van der Waals surface area (Å²) in [7, 11) is -3.53. The van der Waals surface area contributed by atoms with Crippen LogP contribution < -0.4 is 14.4 Å². The van der Waals surface area contributed by atoms with Gasteiger partial charge in [0.2, 0.25) is 10.0 Å². The molecule has 1 aliphatic carbocycles. The van der Waals surface area contributed by atoms with E-state index in [0.29, 0.717) is 41.4 Å². The SMILES string of the molecule is CCS(=O)(=O)N(CC1CC1)c1ccc(Oc2ccc(F)cc2F)c(-c2ccc3c(c2)CNC3=O)c1. The maximum atomic E-state index is 14.4. The number of rotatable bonds is 8. The zero-order chi connectivity index (χ0) is 24.7. The van der Waals surface area contributed by atoms with Crippen molar-refractivity contribution in [2.24, 2.45) is 5.92 Å². The van der Waals surface area contributed by atoms with E-state index in [9.17, 15) is 22.0 Å². The summed E-state index contributed by atoms with van der Waals surface area (Å²) in [6.45, 7) is 2.38. The van der Waals surface area contributed by atoms with Crippen LogP contribution in [0, 0.1) is 17.6 Å². The first kappa shape index (κ1) is 23.3. The van der Waals surface area contributed by atoms with Crippen molar-refractivity contribution in [3.63, 3.8) is 0 Å². The second kappa shape index (κ2) is 8.96. The van der Waals surface area contributed by atoms with E-state index in [4.69, 9.17) is 4.74 Å². The van der Waals surface area contributed by atoms with Gasteiger partial charge in [-0.3, -0.25) is 9.10 Å². The van der Waals surface area contributed by atoms with E-state index < -0.39 is 21.7 Å². The van der Waals surface area contributed by atoms with Crippen LogP contribution in [-0.2, 0) is 16.6 Å². The van der Waals surface area contributed by atoms with Gasteiger partial charge in [0.15, 0.2) is 11.6 Å². The Morgan fingerprint density at radius 3 is 2.49 bits per heavy atom. The molecule has 1 aliphatic heterocycles. The number of nitrogens with zero attached hydrogens (tertiary/aromatic N) is 1. The average molecular weight is 499 g/mol. The highest BCUT2D eigenvalue weighted by atomic mass is 32.2. The highest BCUT2D eigenvalue weighted by Crippen LogP contribution is 2.40. The van der Waals surface area contributed by atoms with E-state index in [2.05, 4.69) is 5.32 Å². The Bertz CT molecular complexity index is 1420. The number of carbonyl (C=O) groups is 1. The van der Waals surface area contributed by atoms with Crippen LogP contribution >= 0.6 is 0 Å². The van der Waals surface area contributed by atoms with Gasteiger partial charge < -0.3 is 10.1 Å². The van der Waals surface area contributed by atoms with Gasteiger partial charge in [-0.1, -0.05) is 6.07 Å². The van der Waals surface area contributed by atoms with Gasteiger partial charge in [0.1, 0.15) is 11.6 Å². The molecule has 0 spiro atoms. The molecule has 9 heteroatoms. The number of sulfonamides is 1. The number of halogens is 2. The third-order valence-corrected chi connectivity index (χ3v) is 8.05. The average Bonchev–Trinajstić information content (AvgIpc) is 3.60. The maximum absolute atomic E-state index is 14.4. The molecule has 0 radical (unpaired) electrons. The molecule has 1 saturated carbocycles. The summed E-state index contributed by atoms with van der Waals surface area (Å²) < 4.78 is 60.8. The third kappa shape index (κ3) is 4.73. The lowest BCUT2D eigenvalue weighted by molar-refractivity contribution is 0.0965. The number of amides is 1. The quantitative estimate of drug-likeness (QED) is 0.461. The van der Waals surface area contributed by atoms with E-state index >= 15 is 0 Å². The van der Waals surface area contributed by atoms with Gasteiger partial charge in [-0.05, 0) is 79.3 Å². The summed E-state index contributed by atoms with van der Waals surface area (Å²) in [4.78, 5) is 12.0. The molecular weight excluding hydrogens is 474 g/mol. The second-order valence-electron chi connectivity index (χ2n) is 8.79. The van der Waals surface area contributed by atoms with Crippen LogP contribution in [0.25, 0.3) is 11.1 Å². The van der Waals surface area contributed by atoms with Crippen molar-refractivity contribution in [1.29, 1.82) is 0 Å². The first-order valence-electron chi connectivity index (χ1n) is 11.4. The topological polar surface area (TPSA) is 75.7 Å². The van der Waals surface area contributed by atoms with E-state index in [0.717, 1.165) is 30.5 Å². The first-order chi connectivity index (χ1) is 16.7. The molecule has 0 aromatic heterocycles. The zero-order valence-electron chi connectivity index (χ0n) is 19.1. The Morgan fingerprint density at radius 2 is 1.77 bits per heavy atom. The number of nitrogens with one attached hydrogen (secondary N) is 1. The monoisotopic (exact) mass is 498 g/mol. The molecule has 5 rings (SSSR count). The lowest BCUT2D eigenvalue weighted by Gasteiger charge is -2.25. The molecule has 3 aromatic rings. The van der Waals surface area contributed by atoms with E-state index in [1.807, 2.05) is 6.07 Å².